The van der Waals surface area contributed by atoms with E-state index < -0.39 is 0 Å². The maximum atomic E-state index is 11.6. The van der Waals surface area contributed by atoms with E-state index in [1.54, 1.807) is 0 Å². The van der Waals surface area contributed by atoms with Crippen molar-refractivity contribution < 1.29 is 9.59 Å². The summed E-state index contributed by atoms with van der Waals surface area (Å²) in [6.45, 7) is 3.69. The van der Waals surface area contributed by atoms with E-state index in [2.05, 4.69) is 25.7 Å². The van der Waals surface area contributed by atoms with Gasteiger partial charge in [-0.1, -0.05) is 46.2 Å². The fourth-order valence-corrected chi connectivity index (χ4v) is 4.39. The van der Waals surface area contributed by atoms with Crippen LogP contribution >= 0.6 is 46.2 Å². The molecule has 1 N–H and O–H groups in total. The molecule has 0 radical (unpaired) electrons. The number of imide groups is 1. The number of carbonyl (C=O) groups is 2. The molecule has 2 amide bonds. The van der Waals surface area contributed by atoms with Gasteiger partial charge in [0, 0.05) is 0 Å². The number of amides is 2. The molecule has 2 aromatic rings. The van der Waals surface area contributed by atoms with Crippen LogP contribution in [0.5, 0.6) is 0 Å². The van der Waals surface area contributed by atoms with Crippen LogP contribution in [0.15, 0.2) is 8.68 Å². The van der Waals surface area contributed by atoms with Crippen LogP contribution in [0.25, 0.3) is 0 Å². The molecule has 0 spiro atoms. The van der Waals surface area contributed by atoms with E-state index in [1.165, 1.54) is 46.2 Å². The van der Waals surface area contributed by atoms with Crippen molar-refractivity contribution in [2.75, 3.05) is 11.5 Å². The summed E-state index contributed by atoms with van der Waals surface area (Å²) in [6, 6.07) is 0. The van der Waals surface area contributed by atoms with Crippen LogP contribution in [-0.4, -0.2) is 43.7 Å². The molecule has 0 aliphatic carbocycles. The molecule has 0 aliphatic heterocycles. The molecule has 0 saturated heterocycles. The lowest BCUT2D eigenvalue weighted by Gasteiger charge is -2.01. The first-order valence-corrected chi connectivity index (χ1v) is 9.32. The van der Waals surface area contributed by atoms with E-state index in [-0.39, 0.29) is 23.3 Å². The zero-order chi connectivity index (χ0) is 15.2. The normalized spacial score (nSPS) is 10.6. The highest BCUT2D eigenvalue weighted by Crippen LogP contribution is 2.22. The zero-order valence-electron chi connectivity index (χ0n) is 11.2. The summed E-state index contributed by atoms with van der Waals surface area (Å²) in [5, 5.41) is 19.5. The second-order valence-electron chi connectivity index (χ2n) is 3.72. The number of aromatic nitrogens is 4. The first-order chi connectivity index (χ1) is 10.0. The fourth-order valence-electron chi connectivity index (χ4n) is 1.16. The van der Waals surface area contributed by atoms with E-state index >= 15 is 0 Å². The molecular formula is C10H11N5O2S4. The van der Waals surface area contributed by atoms with Crippen LogP contribution in [0, 0.1) is 13.8 Å². The first kappa shape index (κ1) is 16.3. The quantitative estimate of drug-likeness (QED) is 0.774. The lowest BCUT2D eigenvalue weighted by Crippen LogP contribution is -2.33. The van der Waals surface area contributed by atoms with Crippen LogP contribution in [0.2, 0.25) is 0 Å². The van der Waals surface area contributed by atoms with Gasteiger partial charge in [-0.2, -0.15) is 0 Å². The predicted octanol–water partition coefficient (Wildman–Crippen LogP) is 1.53. The number of hydrogen-bond acceptors (Lipinski definition) is 10. The molecule has 0 aliphatic rings. The Labute approximate surface area is 137 Å². The lowest BCUT2D eigenvalue weighted by molar-refractivity contribution is -0.127. The SMILES string of the molecule is Cc1nnc(SCC(=O)NC(=O)CSc2nnc(C)s2)s1. The molecule has 0 saturated carbocycles. The third-order valence-corrected chi connectivity index (χ3v) is 5.89. The largest absolute Gasteiger partial charge is 0.295 e. The van der Waals surface area contributed by atoms with Gasteiger partial charge in [0.15, 0.2) is 8.68 Å². The van der Waals surface area contributed by atoms with E-state index in [0.717, 1.165) is 10.0 Å². The van der Waals surface area contributed by atoms with Gasteiger partial charge in [0.05, 0.1) is 11.5 Å². The number of aryl methyl sites for hydroxylation is 2. The van der Waals surface area contributed by atoms with Gasteiger partial charge in [0.1, 0.15) is 10.0 Å². The second kappa shape index (κ2) is 7.82. The Morgan fingerprint density at radius 2 is 1.33 bits per heavy atom. The zero-order valence-corrected chi connectivity index (χ0v) is 14.4. The minimum Gasteiger partial charge on any atom is -0.295 e. The second-order valence-corrected chi connectivity index (χ2v) is 8.53. The van der Waals surface area contributed by atoms with Crippen molar-refractivity contribution in [1.29, 1.82) is 0 Å². The van der Waals surface area contributed by atoms with Gasteiger partial charge in [-0.25, -0.2) is 0 Å². The summed E-state index contributed by atoms with van der Waals surface area (Å²) in [5.74, 6) is -0.398. The molecular weight excluding hydrogens is 350 g/mol. The van der Waals surface area contributed by atoms with Crippen molar-refractivity contribution in [2.45, 2.75) is 22.5 Å². The number of thioether (sulfide) groups is 2. The number of rotatable bonds is 6. The molecule has 11 heteroatoms. The predicted molar refractivity (Wildman–Crippen MR) is 83.9 cm³/mol. The highest BCUT2D eigenvalue weighted by Gasteiger charge is 2.11. The third kappa shape index (κ3) is 5.69. The van der Waals surface area contributed by atoms with Crippen molar-refractivity contribution in [2.24, 2.45) is 0 Å². The highest BCUT2D eigenvalue weighted by atomic mass is 32.2. The van der Waals surface area contributed by atoms with Gasteiger partial charge < -0.3 is 0 Å². The summed E-state index contributed by atoms with van der Waals surface area (Å²) in [7, 11) is 0. The Bertz CT molecular complexity index is 587. The van der Waals surface area contributed by atoms with Crippen molar-refractivity contribution in [3.05, 3.63) is 10.0 Å². The summed E-state index contributed by atoms with van der Waals surface area (Å²) in [6.07, 6.45) is 0. The van der Waals surface area contributed by atoms with Crippen molar-refractivity contribution in [3.63, 3.8) is 0 Å². The monoisotopic (exact) mass is 361 g/mol. The van der Waals surface area contributed by atoms with Crippen LogP contribution < -0.4 is 5.32 Å². The van der Waals surface area contributed by atoms with Gasteiger partial charge in [0.25, 0.3) is 0 Å². The average Bonchev–Trinajstić information content (AvgIpc) is 3.03. The molecule has 7 nitrogen and oxygen atoms in total. The Balaban J connectivity index is 1.68. The third-order valence-electron chi connectivity index (χ3n) is 1.95. The van der Waals surface area contributed by atoms with Crippen LogP contribution in [0.3, 0.4) is 0 Å². The molecule has 0 fully saturated rings. The summed E-state index contributed by atoms with van der Waals surface area (Å²) in [5.41, 5.74) is 0. The van der Waals surface area contributed by atoms with E-state index in [4.69, 9.17) is 0 Å². The summed E-state index contributed by atoms with van der Waals surface area (Å²) in [4.78, 5) is 23.2. The minimum atomic E-state index is -0.341. The summed E-state index contributed by atoms with van der Waals surface area (Å²) < 4.78 is 1.43. The number of nitrogens with one attached hydrogen (secondary N) is 1. The number of carbonyl (C=O) groups excluding carboxylic acids is 2. The molecule has 2 rings (SSSR count). The van der Waals surface area contributed by atoms with Crippen LogP contribution in [0.1, 0.15) is 10.0 Å². The molecule has 2 heterocycles. The Hall–Kier alpha value is -1.04. The van der Waals surface area contributed by atoms with Gasteiger partial charge in [0.2, 0.25) is 11.8 Å². The maximum Gasteiger partial charge on any atom is 0.237 e. The molecule has 0 unspecified atom stereocenters. The Kier molecular flexibility index (Phi) is 6.08. The smallest absolute Gasteiger partial charge is 0.237 e. The minimum absolute atomic E-state index is 0.142. The topological polar surface area (TPSA) is 97.7 Å². The van der Waals surface area contributed by atoms with Crippen molar-refractivity contribution in [1.82, 2.24) is 25.7 Å². The Morgan fingerprint density at radius 3 is 1.67 bits per heavy atom. The standard InChI is InChI=1S/C10H11N5O2S4/c1-5-12-14-9(20-5)18-3-7(16)11-8(17)4-19-10-15-13-6(2)21-10/h3-4H2,1-2H3,(H,11,16,17). The number of hydrogen-bond donors (Lipinski definition) is 1. The van der Waals surface area contributed by atoms with Crippen molar-refractivity contribution >= 4 is 58.0 Å². The molecule has 0 atom stereocenters. The fraction of sp³-hybridized carbons (Fsp3) is 0.400. The maximum absolute atomic E-state index is 11.6. The Morgan fingerprint density at radius 1 is 0.905 bits per heavy atom. The summed E-state index contributed by atoms with van der Waals surface area (Å²) >= 11 is 5.36. The van der Waals surface area contributed by atoms with Gasteiger partial charge in [-0.05, 0) is 13.8 Å². The van der Waals surface area contributed by atoms with Crippen LogP contribution in [-0.2, 0) is 9.59 Å². The molecule has 21 heavy (non-hydrogen) atoms. The van der Waals surface area contributed by atoms with E-state index in [9.17, 15) is 9.59 Å². The van der Waals surface area contributed by atoms with Gasteiger partial charge >= 0.3 is 0 Å². The molecule has 0 aromatic carbocycles. The highest BCUT2D eigenvalue weighted by molar-refractivity contribution is 8.02. The van der Waals surface area contributed by atoms with Crippen molar-refractivity contribution in [3.8, 4) is 0 Å². The average molecular weight is 361 g/mol. The lowest BCUT2D eigenvalue weighted by atomic mass is 10.6. The van der Waals surface area contributed by atoms with E-state index in [0.29, 0.717) is 8.68 Å². The molecule has 0 bridgehead atoms. The van der Waals surface area contributed by atoms with Gasteiger partial charge in [-0.15, -0.1) is 20.4 Å². The molecule has 112 valence electrons. The van der Waals surface area contributed by atoms with E-state index in [1.807, 2.05) is 13.8 Å². The first-order valence-electron chi connectivity index (χ1n) is 5.71. The van der Waals surface area contributed by atoms with Crippen LogP contribution in [0.4, 0.5) is 0 Å². The molecule has 2 aromatic heterocycles. The van der Waals surface area contributed by atoms with Gasteiger partial charge in [-0.3, -0.25) is 14.9 Å². The number of nitrogens with zero attached hydrogens (tertiary/aromatic N) is 4.